The van der Waals surface area contributed by atoms with Crippen molar-refractivity contribution in [1.29, 1.82) is 0 Å². The molecule has 0 aliphatic rings. The van der Waals surface area contributed by atoms with Gasteiger partial charge in [0, 0.05) is 24.0 Å². The van der Waals surface area contributed by atoms with Gasteiger partial charge in [0.2, 0.25) is 0 Å². The number of rotatable bonds is 4. The van der Waals surface area contributed by atoms with Crippen LogP contribution >= 0.6 is 0 Å². The van der Waals surface area contributed by atoms with E-state index in [9.17, 15) is 5.11 Å². The monoisotopic (exact) mass is 269 g/mol. The van der Waals surface area contributed by atoms with E-state index in [1.165, 1.54) is 5.39 Å². The molecule has 3 rings (SSSR count). The lowest BCUT2D eigenvalue weighted by atomic mass is 10.2. The Morgan fingerprint density at radius 2 is 2.00 bits per heavy atom. The zero-order chi connectivity index (χ0) is 14.1. The molecule has 0 spiro atoms. The summed E-state index contributed by atoms with van der Waals surface area (Å²) >= 11 is 0. The minimum atomic E-state index is 0.0725. The molecule has 0 radical (unpaired) electrons. The summed E-state index contributed by atoms with van der Waals surface area (Å²) in [5.74, 6) is 0. The van der Waals surface area contributed by atoms with E-state index in [0.717, 1.165) is 23.3 Å². The normalized spacial score (nSPS) is 11.6. The molecule has 0 unspecified atom stereocenters. The minimum absolute atomic E-state index is 0.0725. The number of aliphatic hydroxyl groups is 1. The molecule has 104 valence electrons. The van der Waals surface area contributed by atoms with E-state index in [1.54, 1.807) is 0 Å². The number of aliphatic hydroxyl groups excluding tert-OH is 1. The Morgan fingerprint density at radius 1 is 1.15 bits per heavy atom. The lowest BCUT2D eigenvalue weighted by molar-refractivity contribution is 0.282. The van der Waals surface area contributed by atoms with Crippen LogP contribution in [0.15, 0.2) is 42.7 Å². The highest BCUT2D eigenvalue weighted by Gasteiger charge is 2.06. The maximum absolute atomic E-state index is 9.25. The summed E-state index contributed by atoms with van der Waals surface area (Å²) in [5.41, 5.74) is 3.12. The van der Waals surface area contributed by atoms with Gasteiger partial charge in [-0.3, -0.25) is 4.68 Å². The Morgan fingerprint density at radius 3 is 2.70 bits per heavy atom. The fourth-order valence-electron chi connectivity index (χ4n) is 2.39. The molecular formula is C16H19N3O. The van der Waals surface area contributed by atoms with Crippen LogP contribution in [0, 0.1) is 0 Å². The van der Waals surface area contributed by atoms with E-state index in [-0.39, 0.29) is 6.61 Å². The van der Waals surface area contributed by atoms with Crippen molar-refractivity contribution in [3.05, 3.63) is 54.0 Å². The van der Waals surface area contributed by atoms with Gasteiger partial charge in [0.05, 0.1) is 18.8 Å². The Hall–Kier alpha value is -2.07. The lowest BCUT2D eigenvalue weighted by Gasteiger charge is -2.06. The fourth-order valence-corrected chi connectivity index (χ4v) is 2.39. The van der Waals surface area contributed by atoms with E-state index in [2.05, 4.69) is 41.8 Å². The van der Waals surface area contributed by atoms with Crippen LogP contribution in [0.3, 0.4) is 0 Å². The molecule has 0 saturated carbocycles. The Labute approximate surface area is 118 Å². The molecular weight excluding hydrogens is 250 g/mol. The second-order valence-corrected chi connectivity index (χ2v) is 5.38. The van der Waals surface area contributed by atoms with Crippen LogP contribution < -0.4 is 0 Å². The van der Waals surface area contributed by atoms with Crippen molar-refractivity contribution in [1.82, 2.24) is 14.3 Å². The average Bonchev–Trinajstić information content (AvgIpc) is 3.06. The van der Waals surface area contributed by atoms with Crippen molar-refractivity contribution >= 4 is 10.9 Å². The second-order valence-electron chi connectivity index (χ2n) is 5.38. The maximum atomic E-state index is 9.25. The quantitative estimate of drug-likeness (QED) is 0.791. The summed E-state index contributed by atoms with van der Waals surface area (Å²) in [7, 11) is 0. The van der Waals surface area contributed by atoms with Crippen molar-refractivity contribution in [3.63, 3.8) is 0 Å². The zero-order valence-electron chi connectivity index (χ0n) is 11.8. The first kappa shape index (κ1) is 12.9. The van der Waals surface area contributed by atoms with E-state index in [1.807, 2.05) is 29.1 Å². The van der Waals surface area contributed by atoms with Crippen LogP contribution in [0.25, 0.3) is 10.9 Å². The predicted molar refractivity (Wildman–Crippen MR) is 79.6 cm³/mol. The number of fused-ring (bicyclic) bond motifs is 1. The highest BCUT2D eigenvalue weighted by Crippen LogP contribution is 2.19. The molecule has 0 fully saturated rings. The molecule has 4 heteroatoms. The molecule has 1 aromatic carbocycles. The first-order valence-corrected chi connectivity index (χ1v) is 6.90. The van der Waals surface area contributed by atoms with Crippen LogP contribution in [0.1, 0.15) is 31.1 Å². The molecule has 2 heterocycles. The molecule has 0 bridgehead atoms. The fraction of sp³-hybridized carbons (Fsp3) is 0.312. The third-order valence-electron chi connectivity index (χ3n) is 3.55. The van der Waals surface area contributed by atoms with E-state index in [0.29, 0.717) is 6.04 Å². The number of benzene rings is 1. The summed E-state index contributed by atoms with van der Waals surface area (Å²) in [5, 5.41) is 15.0. The molecule has 0 aliphatic heterocycles. The van der Waals surface area contributed by atoms with Gasteiger partial charge in [-0.05, 0) is 43.0 Å². The molecule has 0 amide bonds. The van der Waals surface area contributed by atoms with Crippen LogP contribution in [0.2, 0.25) is 0 Å². The van der Waals surface area contributed by atoms with Crippen LogP contribution in [-0.4, -0.2) is 19.5 Å². The third kappa shape index (κ3) is 2.34. The number of nitrogens with zero attached hydrogens (tertiary/aromatic N) is 3. The van der Waals surface area contributed by atoms with Crippen molar-refractivity contribution in [3.8, 4) is 0 Å². The van der Waals surface area contributed by atoms with Gasteiger partial charge in [0.25, 0.3) is 0 Å². The molecule has 3 aromatic rings. The second kappa shape index (κ2) is 5.13. The van der Waals surface area contributed by atoms with Crippen molar-refractivity contribution in [2.75, 3.05) is 0 Å². The molecule has 20 heavy (non-hydrogen) atoms. The van der Waals surface area contributed by atoms with Crippen molar-refractivity contribution < 1.29 is 5.11 Å². The topological polar surface area (TPSA) is 43.0 Å². The van der Waals surface area contributed by atoms with Gasteiger partial charge in [-0.25, -0.2) is 0 Å². The Bertz CT molecular complexity index is 724. The van der Waals surface area contributed by atoms with Gasteiger partial charge in [0.15, 0.2) is 0 Å². The largest absolute Gasteiger partial charge is 0.392 e. The zero-order valence-corrected chi connectivity index (χ0v) is 11.8. The van der Waals surface area contributed by atoms with Crippen molar-refractivity contribution in [2.45, 2.75) is 33.0 Å². The molecule has 1 N–H and O–H groups in total. The Kier molecular flexibility index (Phi) is 3.32. The molecule has 2 aromatic heterocycles. The van der Waals surface area contributed by atoms with Gasteiger partial charge in [0.1, 0.15) is 0 Å². The van der Waals surface area contributed by atoms with Gasteiger partial charge >= 0.3 is 0 Å². The lowest BCUT2D eigenvalue weighted by Crippen LogP contribution is -2.04. The molecule has 0 atom stereocenters. The van der Waals surface area contributed by atoms with Gasteiger partial charge < -0.3 is 9.67 Å². The molecule has 0 aliphatic carbocycles. The summed E-state index contributed by atoms with van der Waals surface area (Å²) in [4.78, 5) is 0. The first-order valence-electron chi connectivity index (χ1n) is 6.90. The van der Waals surface area contributed by atoms with Gasteiger partial charge in [-0.2, -0.15) is 5.10 Å². The SMILES string of the molecule is CC(C)n1ccc(Cn2ccc3ccc(CO)cc32)n1. The number of hydrogen-bond acceptors (Lipinski definition) is 2. The third-order valence-corrected chi connectivity index (χ3v) is 3.55. The molecule has 4 nitrogen and oxygen atoms in total. The summed E-state index contributed by atoms with van der Waals surface area (Å²) in [6.07, 6.45) is 4.09. The maximum Gasteiger partial charge on any atom is 0.0821 e. The van der Waals surface area contributed by atoms with E-state index >= 15 is 0 Å². The molecule has 0 saturated heterocycles. The summed E-state index contributed by atoms with van der Waals surface area (Å²) < 4.78 is 4.14. The highest BCUT2D eigenvalue weighted by molar-refractivity contribution is 5.80. The number of hydrogen-bond donors (Lipinski definition) is 1. The Balaban J connectivity index is 1.93. The predicted octanol–water partition coefficient (Wildman–Crippen LogP) is 2.96. The van der Waals surface area contributed by atoms with Gasteiger partial charge in [-0.15, -0.1) is 0 Å². The van der Waals surface area contributed by atoms with Crippen molar-refractivity contribution in [2.24, 2.45) is 0 Å². The smallest absolute Gasteiger partial charge is 0.0821 e. The number of aromatic nitrogens is 3. The highest BCUT2D eigenvalue weighted by atomic mass is 16.3. The average molecular weight is 269 g/mol. The van der Waals surface area contributed by atoms with Gasteiger partial charge in [-0.1, -0.05) is 12.1 Å². The standard InChI is InChI=1S/C16H19N3O/c1-12(2)19-8-6-15(17-19)10-18-7-5-14-4-3-13(11-20)9-16(14)18/h3-9,12,20H,10-11H2,1-2H3. The first-order chi connectivity index (χ1) is 9.67. The van der Waals surface area contributed by atoms with E-state index in [4.69, 9.17) is 0 Å². The van der Waals surface area contributed by atoms with Crippen LogP contribution in [-0.2, 0) is 13.2 Å². The summed E-state index contributed by atoms with van der Waals surface area (Å²) in [6.45, 7) is 5.06. The minimum Gasteiger partial charge on any atom is -0.392 e. The van der Waals surface area contributed by atoms with Crippen LogP contribution in [0.5, 0.6) is 0 Å². The van der Waals surface area contributed by atoms with Crippen LogP contribution in [0.4, 0.5) is 0 Å². The van der Waals surface area contributed by atoms with E-state index < -0.39 is 0 Å². The summed E-state index contributed by atoms with van der Waals surface area (Å²) in [6, 6.07) is 10.6.